The highest BCUT2D eigenvalue weighted by molar-refractivity contribution is 5.99. The van der Waals surface area contributed by atoms with Crippen LogP contribution in [-0.4, -0.2) is 15.8 Å². The monoisotopic (exact) mass is 392 g/mol. The summed E-state index contributed by atoms with van der Waals surface area (Å²) in [5.41, 5.74) is 0.247. The molecule has 3 rings (SSSR count). The van der Waals surface area contributed by atoms with E-state index in [2.05, 4.69) is 15.7 Å². The fourth-order valence-electron chi connectivity index (χ4n) is 2.57. The van der Waals surface area contributed by atoms with E-state index < -0.39 is 17.8 Å². The second-order valence-electron chi connectivity index (χ2n) is 6.08. The molecule has 146 valence electrons. The van der Waals surface area contributed by atoms with Crippen molar-refractivity contribution in [1.82, 2.24) is 9.78 Å². The largest absolute Gasteiger partial charge is 0.416 e. The van der Waals surface area contributed by atoms with Crippen molar-refractivity contribution in [2.45, 2.75) is 19.6 Å². The molecule has 0 spiro atoms. The molecule has 9 heteroatoms. The van der Waals surface area contributed by atoms with Crippen molar-refractivity contribution in [2.75, 3.05) is 10.6 Å². The van der Waals surface area contributed by atoms with Crippen molar-refractivity contribution >= 4 is 17.5 Å². The third kappa shape index (κ3) is 4.67. The Kier molecular flexibility index (Phi) is 5.34. The maximum Gasteiger partial charge on any atom is 0.416 e. The Hall–Kier alpha value is -3.36. The summed E-state index contributed by atoms with van der Waals surface area (Å²) >= 11 is 0. The zero-order chi connectivity index (χ0) is 20.3. The lowest BCUT2D eigenvalue weighted by atomic mass is 10.2. The van der Waals surface area contributed by atoms with Crippen LogP contribution in [0.25, 0.3) is 0 Å². The zero-order valence-corrected chi connectivity index (χ0v) is 14.7. The van der Waals surface area contributed by atoms with Crippen LogP contribution in [0.1, 0.15) is 16.8 Å². The molecular formula is C19H16F4N4O. The van der Waals surface area contributed by atoms with E-state index in [1.807, 2.05) is 0 Å². The SMILES string of the molecule is Cc1cc(NC(=O)Nc2cccc(C(F)(F)F)c2)nn1Cc1ccccc1F. The molecule has 28 heavy (non-hydrogen) atoms. The van der Waals surface area contributed by atoms with Gasteiger partial charge in [0.15, 0.2) is 5.82 Å². The number of benzene rings is 2. The van der Waals surface area contributed by atoms with E-state index in [4.69, 9.17) is 0 Å². The molecule has 2 aromatic carbocycles. The Morgan fingerprint density at radius 2 is 1.82 bits per heavy atom. The minimum Gasteiger partial charge on any atom is -0.308 e. The summed E-state index contributed by atoms with van der Waals surface area (Å²) in [5, 5.41) is 8.97. The third-order valence-electron chi connectivity index (χ3n) is 3.95. The maximum atomic E-state index is 13.8. The average molecular weight is 392 g/mol. The predicted octanol–water partition coefficient (Wildman–Crippen LogP) is 5.04. The number of nitrogens with one attached hydrogen (secondary N) is 2. The van der Waals surface area contributed by atoms with Gasteiger partial charge in [-0.1, -0.05) is 24.3 Å². The van der Waals surface area contributed by atoms with Gasteiger partial charge in [0, 0.05) is 23.0 Å². The van der Waals surface area contributed by atoms with Crippen LogP contribution < -0.4 is 10.6 Å². The highest BCUT2D eigenvalue weighted by Gasteiger charge is 2.30. The minimum absolute atomic E-state index is 0.00478. The van der Waals surface area contributed by atoms with E-state index in [-0.39, 0.29) is 23.9 Å². The molecule has 0 fully saturated rings. The van der Waals surface area contributed by atoms with Gasteiger partial charge in [0.25, 0.3) is 0 Å². The molecule has 0 aliphatic rings. The summed E-state index contributed by atoms with van der Waals surface area (Å²) in [7, 11) is 0. The number of hydrogen-bond donors (Lipinski definition) is 2. The number of alkyl halides is 3. The number of carbonyl (C=O) groups is 1. The van der Waals surface area contributed by atoms with Crippen LogP contribution in [-0.2, 0) is 12.7 Å². The standard InChI is InChI=1S/C19H16F4N4O/c1-12-9-17(26-27(12)11-13-5-2-3-8-16(13)20)25-18(28)24-15-7-4-6-14(10-15)19(21,22)23/h2-10H,11H2,1H3,(H2,24,25,26,28). The topological polar surface area (TPSA) is 59.0 Å². The summed E-state index contributed by atoms with van der Waals surface area (Å²) in [6.07, 6.45) is -4.50. The number of amides is 2. The van der Waals surface area contributed by atoms with Gasteiger partial charge in [-0.3, -0.25) is 10.00 Å². The summed E-state index contributed by atoms with van der Waals surface area (Å²) < 4.78 is 53.5. The van der Waals surface area contributed by atoms with E-state index in [9.17, 15) is 22.4 Å². The normalized spacial score (nSPS) is 11.3. The molecule has 0 saturated carbocycles. The van der Waals surface area contributed by atoms with Crippen LogP contribution in [0.3, 0.4) is 0 Å². The Morgan fingerprint density at radius 1 is 1.07 bits per heavy atom. The van der Waals surface area contributed by atoms with Gasteiger partial charge in [-0.25, -0.2) is 9.18 Å². The first kappa shape index (κ1) is 19.4. The molecule has 2 amide bonds. The van der Waals surface area contributed by atoms with Crippen LogP contribution in [0.2, 0.25) is 0 Å². The Balaban J connectivity index is 1.68. The van der Waals surface area contributed by atoms with Crippen molar-refractivity contribution in [3.05, 3.63) is 77.2 Å². The summed E-state index contributed by atoms with van der Waals surface area (Å²) in [6, 6.07) is 11.4. The van der Waals surface area contributed by atoms with Crippen LogP contribution in [0.4, 0.5) is 33.9 Å². The fraction of sp³-hybridized carbons (Fsp3) is 0.158. The lowest BCUT2D eigenvalue weighted by molar-refractivity contribution is -0.137. The molecule has 1 aromatic heterocycles. The van der Waals surface area contributed by atoms with Gasteiger partial charge in [0.1, 0.15) is 5.82 Å². The van der Waals surface area contributed by atoms with E-state index >= 15 is 0 Å². The first-order chi connectivity index (χ1) is 13.2. The number of aryl methyl sites for hydroxylation is 1. The van der Waals surface area contributed by atoms with Crippen LogP contribution in [0, 0.1) is 12.7 Å². The molecular weight excluding hydrogens is 376 g/mol. The Bertz CT molecular complexity index is 998. The van der Waals surface area contributed by atoms with E-state index in [0.29, 0.717) is 11.3 Å². The van der Waals surface area contributed by atoms with Crippen molar-refractivity contribution in [2.24, 2.45) is 0 Å². The Morgan fingerprint density at radius 3 is 2.54 bits per heavy atom. The van der Waals surface area contributed by atoms with Crippen molar-refractivity contribution in [3.63, 3.8) is 0 Å². The van der Waals surface area contributed by atoms with Gasteiger partial charge < -0.3 is 5.32 Å². The summed E-state index contributed by atoms with van der Waals surface area (Å²) in [5.74, 6) is -0.174. The van der Waals surface area contributed by atoms with E-state index in [1.165, 1.54) is 22.9 Å². The summed E-state index contributed by atoms with van der Waals surface area (Å²) in [4.78, 5) is 12.1. The molecule has 0 aliphatic carbocycles. The second kappa shape index (κ2) is 7.71. The van der Waals surface area contributed by atoms with Gasteiger partial charge in [0.2, 0.25) is 0 Å². The van der Waals surface area contributed by atoms with Crippen LogP contribution in [0.5, 0.6) is 0 Å². The maximum absolute atomic E-state index is 13.8. The number of aromatic nitrogens is 2. The first-order valence-electron chi connectivity index (χ1n) is 8.25. The molecule has 0 bridgehead atoms. The molecule has 3 aromatic rings. The lowest BCUT2D eigenvalue weighted by Crippen LogP contribution is -2.20. The highest BCUT2D eigenvalue weighted by Crippen LogP contribution is 2.30. The van der Waals surface area contributed by atoms with Gasteiger partial charge >= 0.3 is 12.2 Å². The molecule has 1 heterocycles. The van der Waals surface area contributed by atoms with Crippen LogP contribution >= 0.6 is 0 Å². The molecule has 2 N–H and O–H groups in total. The quantitative estimate of drug-likeness (QED) is 0.611. The molecule has 0 aliphatic heterocycles. The molecule has 5 nitrogen and oxygen atoms in total. The number of rotatable bonds is 4. The number of halogens is 4. The number of anilines is 2. The van der Waals surface area contributed by atoms with Crippen molar-refractivity contribution < 1.29 is 22.4 Å². The van der Waals surface area contributed by atoms with E-state index in [0.717, 1.165) is 12.1 Å². The van der Waals surface area contributed by atoms with E-state index in [1.54, 1.807) is 31.2 Å². The number of urea groups is 1. The molecule has 0 atom stereocenters. The highest BCUT2D eigenvalue weighted by atomic mass is 19.4. The van der Waals surface area contributed by atoms with Gasteiger partial charge in [0.05, 0.1) is 12.1 Å². The van der Waals surface area contributed by atoms with Gasteiger partial charge in [-0.15, -0.1) is 0 Å². The van der Waals surface area contributed by atoms with Crippen molar-refractivity contribution in [1.29, 1.82) is 0 Å². The third-order valence-corrected chi connectivity index (χ3v) is 3.95. The van der Waals surface area contributed by atoms with Gasteiger partial charge in [-0.2, -0.15) is 18.3 Å². The number of carbonyl (C=O) groups excluding carboxylic acids is 1. The fourth-order valence-corrected chi connectivity index (χ4v) is 2.57. The first-order valence-corrected chi connectivity index (χ1v) is 8.25. The molecule has 0 unspecified atom stereocenters. The second-order valence-corrected chi connectivity index (χ2v) is 6.08. The smallest absolute Gasteiger partial charge is 0.308 e. The number of hydrogen-bond acceptors (Lipinski definition) is 2. The average Bonchev–Trinajstić information content (AvgIpc) is 2.95. The Labute approximate surface area is 158 Å². The summed E-state index contributed by atoms with van der Waals surface area (Å²) in [6.45, 7) is 1.92. The predicted molar refractivity (Wildman–Crippen MR) is 96.6 cm³/mol. The van der Waals surface area contributed by atoms with Gasteiger partial charge in [-0.05, 0) is 31.2 Å². The minimum atomic E-state index is -4.50. The lowest BCUT2D eigenvalue weighted by Gasteiger charge is -2.10. The molecule has 0 radical (unpaired) electrons. The van der Waals surface area contributed by atoms with Crippen LogP contribution in [0.15, 0.2) is 54.6 Å². The van der Waals surface area contributed by atoms with Crippen molar-refractivity contribution in [3.8, 4) is 0 Å². The number of nitrogens with zero attached hydrogens (tertiary/aromatic N) is 2. The zero-order valence-electron chi connectivity index (χ0n) is 14.7. The molecule has 0 saturated heterocycles.